The second-order valence-electron chi connectivity index (χ2n) is 10.7. The minimum absolute atomic E-state index is 0.0586. The van der Waals surface area contributed by atoms with E-state index in [0.717, 1.165) is 51.3 Å². The highest BCUT2D eigenvalue weighted by Crippen LogP contribution is 2.39. The first kappa shape index (κ1) is 23.3. The molecule has 7 rings (SSSR count). The van der Waals surface area contributed by atoms with Crippen molar-refractivity contribution in [1.82, 2.24) is 24.8 Å². The Labute approximate surface area is 220 Å². The van der Waals surface area contributed by atoms with E-state index in [2.05, 4.69) is 28.1 Å². The highest BCUT2D eigenvalue weighted by molar-refractivity contribution is 6.04. The van der Waals surface area contributed by atoms with Gasteiger partial charge in [0.15, 0.2) is 5.65 Å². The van der Waals surface area contributed by atoms with Crippen molar-refractivity contribution >= 4 is 22.2 Å². The van der Waals surface area contributed by atoms with E-state index < -0.39 is 5.82 Å². The highest BCUT2D eigenvalue weighted by Gasteiger charge is 2.39. The Balaban J connectivity index is 1.42. The van der Waals surface area contributed by atoms with Gasteiger partial charge in [-0.2, -0.15) is 14.6 Å². The van der Waals surface area contributed by atoms with Crippen LogP contribution in [0.2, 0.25) is 0 Å². The number of phenolic OH excluding ortho intramolecular Hbond substituents is 1. The minimum Gasteiger partial charge on any atom is -0.508 e. The Bertz CT molecular complexity index is 1600. The van der Waals surface area contributed by atoms with E-state index in [9.17, 15) is 9.50 Å². The van der Waals surface area contributed by atoms with E-state index in [1.54, 1.807) is 24.4 Å². The molecule has 2 atom stereocenters. The average molecular weight is 513 g/mol. The standard InChI is InChI=1S/C29H29FN6O2/c1-3-22-25(30)5-4-17-10-20(37)12-23(28(17)22)24-15-32-36-27(35-16-18-11-19(35)14-31-18)13-26(33-29(24)36)38-21-6-8-34(2)9-7-21/h1,4-5,10,12-13,15,18-19,21,31,37H,6-9,11,14,16H2,2H3. The van der Waals surface area contributed by atoms with E-state index in [-0.39, 0.29) is 17.4 Å². The van der Waals surface area contributed by atoms with Gasteiger partial charge >= 0.3 is 0 Å². The fourth-order valence-corrected chi connectivity index (χ4v) is 6.27. The smallest absolute Gasteiger partial charge is 0.219 e. The summed E-state index contributed by atoms with van der Waals surface area (Å²) in [5.74, 6) is 3.55. The molecule has 194 valence electrons. The zero-order valence-electron chi connectivity index (χ0n) is 21.2. The van der Waals surface area contributed by atoms with Crippen LogP contribution < -0.4 is 15.0 Å². The molecular weight excluding hydrogens is 483 g/mol. The highest BCUT2D eigenvalue weighted by atomic mass is 19.1. The normalized spacial score (nSPS) is 22.0. The van der Waals surface area contributed by atoms with Crippen molar-refractivity contribution < 1.29 is 14.2 Å². The zero-order chi connectivity index (χ0) is 26.0. The third-order valence-electron chi connectivity index (χ3n) is 8.22. The van der Waals surface area contributed by atoms with E-state index in [4.69, 9.17) is 21.2 Å². The molecule has 0 saturated carbocycles. The maximum absolute atomic E-state index is 14.8. The average Bonchev–Trinajstić information content (AvgIpc) is 3.65. The van der Waals surface area contributed by atoms with Gasteiger partial charge in [-0.15, -0.1) is 6.42 Å². The molecule has 3 aliphatic rings. The number of halogens is 1. The molecule has 0 amide bonds. The van der Waals surface area contributed by atoms with Gasteiger partial charge in [-0.25, -0.2) is 4.39 Å². The van der Waals surface area contributed by atoms with Gasteiger partial charge in [0.05, 0.1) is 11.8 Å². The molecule has 0 spiro atoms. The number of hydrogen-bond acceptors (Lipinski definition) is 7. The number of phenols is 1. The van der Waals surface area contributed by atoms with Crippen LogP contribution in [0.3, 0.4) is 0 Å². The van der Waals surface area contributed by atoms with E-state index >= 15 is 0 Å². The molecule has 9 heteroatoms. The van der Waals surface area contributed by atoms with Gasteiger partial charge in [-0.3, -0.25) is 0 Å². The number of fused-ring (bicyclic) bond motifs is 4. The monoisotopic (exact) mass is 512 g/mol. The number of piperazine rings is 1. The van der Waals surface area contributed by atoms with Crippen LogP contribution in [0.25, 0.3) is 27.5 Å². The van der Waals surface area contributed by atoms with Crippen molar-refractivity contribution in [1.29, 1.82) is 0 Å². The second kappa shape index (κ2) is 8.86. The van der Waals surface area contributed by atoms with Gasteiger partial charge in [-0.05, 0) is 55.5 Å². The van der Waals surface area contributed by atoms with Crippen LogP contribution in [-0.2, 0) is 0 Å². The number of rotatable bonds is 4. The summed E-state index contributed by atoms with van der Waals surface area (Å²) < 4.78 is 23.1. The number of hydrogen-bond donors (Lipinski definition) is 2. The van der Waals surface area contributed by atoms with E-state index in [1.807, 2.05) is 10.6 Å². The fourth-order valence-electron chi connectivity index (χ4n) is 6.27. The summed E-state index contributed by atoms with van der Waals surface area (Å²) in [7, 11) is 2.13. The summed E-state index contributed by atoms with van der Waals surface area (Å²) in [6.45, 7) is 3.77. The third-order valence-corrected chi connectivity index (χ3v) is 8.22. The number of nitrogens with zero attached hydrogens (tertiary/aromatic N) is 5. The zero-order valence-corrected chi connectivity index (χ0v) is 21.2. The maximum Gasteiger partial charge on any atom is 0.219 e. The number of terminal acetylenes is 1. The number of aromatic hydroxyl groups is 1. The lowest BCUT2D eigenvalue weighted by atomic mass is 9.95. The molecule has 2 unspecified atom stereocenters. The molecule has 38 heavy (non-hydrogen) atoms. The number of piperidine rings is 1. The molecule has 3 saturated heterocycles. The molecule has 2 bridgehead atoms. The van der Waals surface area contributed by atoms with E-state index in [1.165, 1.54) is 6.07 Å². The lowest BCUT2D eigenvalue weighted by Crippen LogP contribution is -2.44. The molecule has 3 fully saturated rings. The topological polar surface area (TPSA) is 78.2 Å². The molecule has 3 aliphatic heterocycles. The predicted molar refractivity (Wildman–Crippen MR) is 144 cm³/mol. The Kier molecular flexibility index (Phi) is 5.42. The number of nitrogens with one attached hydrogen (secondary N) is 1. The molecular formula is C29H29FN6O2. The molecule has 5 heterocycles. The van der Waals surface area contributed by atoms with Crippen LogP contribution in [-0.4, -0.2) is 76.0 Å². The number of aromatic nitrogens is 3. The molecule has 0 aliphatic carbocycles. The lowest BCUT2D eigenvalue weighted by molar-refractivity contribution is 0.110. The van der Waals surface area contributed by atoms with Crippen molar-refractivity contribution in [2.24, 2.45) is 0 Å². The first-order valence-corrected chi connectivity index (χ1v) is 13.1. The SMILES string of the molecule is C#Cc1c(F)ccc2cc(O)cc(-c3cnn4c(N5CC6CC5CN6)cc(OC5CCN(C)CC5)nc34)c12. The van der Waals surface area contributed by atoms with Crippen molar-refractivity contribution in [3.8, 4) is 35.1 Å². The number of likely N-dealkylation sites (tertiary alicyclic amines) is 1. The summed E-state index contributed by atoms with van der Waals surface area (Å²) in [6, 6.07) is 8.97. The van der Waals surface area contributed by atoms with Crippen molar-refractivity contribution in [3.05, 3.63) is 47.9 Å². The van der Waals surface area contributed by atoms with Gasteiger partial charge in [0.25, 0.3) is 0 Å². The van der Waals surface area contributed by atoms with Crippen LogP contribution in [0, 0.1) is 18.2 Å². The second-order valence-corrected chi connectivity index (χ2v) is 10.7. The molecule has 2 N–H and O–H groups in total. The third kappa shape index (κ3) is 3.75. The molecule has 4 aromatic rings. The maximum atomic E-state index is 14.8. The summed E-state index contributed by atoms with van der Waals surface area (Å²) in [4.78, 5) is 9.61. The van der Waals surface area contributed by atoms with Crippen molar-refractivity contribution in [2.75, 3.05) is 38.1 Å². The summed E-state index contributed by atoms with van der Waals surface area (Å²) in [6.07, 6.45) is 10.5. The summed E-state index contributed by atoms with van der Waals surface area (Å²) >= 11 is 0. The van der Waals surface area contributed by atoms with Crippen molar-refractivity contribution in [3.63, 3.8) is 0 Å². The minimum atomic E-state index is -0.482. The van der Waals surface area contributed by atoms with Crippen LogP contribution in [0.5, 0.6) is 11.6 Å². The number of ether oxygens (including phenoxy) is 1. The van der Waals surface area contributed by atoms with Crippen LogP contribution in [0.15, 0.2) is 36.5 Å². The van der Waals surface area contributed by atoms with E-state index in [0.29, 0.717) is 45.5 Å². The van der Waals surface area contributed by atoms with Crippen LogP contribution in [0.4, 0.5) is 10.2 Å². The van der Waals surface area contributed by atoms with Gasteiger partial charge in [-0.1, -0.05) is 12.0 Å². The Morgan fingerprint density at radius 3 is 2.76 bits per heavy atom. The van der Waals surface area contributed by atoms with Crippen LogP contribution >= 0.6 is 0 Å². The number of benzene rings is 2. The lowest BCUT2D eigenvalue weighted by Gasteiger charge is -2.31. The molecule has 2 aromatic heterocycles. The quantitative estimate of drug-likeness (QED) is 0.406. The predicted octanol–water partition coefficient (Wildman–Crippen LogP) is 3.40. The number of anilines is 1. The van der Waals surface area contributed by atoms with Gasteiger partial charge in [0.1, 0.15) is 23.5 Å². The Hall–Kier alpha value is -3.87. The first-order chi connectivity index (χ1) is 18.5. The molecule has 0 radical (unpaired) electrons. The summed E-state index contributed by atoms with van der Waals surface area (Å²) in [5.41, 5.74) is 1.98. The van der Waals surface area contributed by atoms with Gasteiger partial charge in [0, 0.05) is 55.3 Å². The summed E-state index contributed by atoms with van der Waals surface area (Å²) in [5, 5.41) is 20.1. The van der Waals surface area contributed by atoms with Crippen LogP contribution in [0.1, 0.15) is 24.8 Å². The van der Waals surface area contributed by atoms with Gasteiger partial charge < -0.3 is 25.0 Å². The Morgan fingerprint density at radius 1 is 1.18 bits per heavy atom. The van der Waals surface area contributed by atoms with Gasteiger partial charge in [0.2, 0.25) is 5.88 Å². The molecule has 2 aromatic carbocycles. The van der Waals surface area contributed by atoms with Crippen molar-refractivity contribution in [2.45, 2.75) is 37.5 Å². The molecule has 8 nitrogen and oxygen atoms in total. The Morgan fingerprint density at radius 2 is 2.03 bits per heavy atom. The largest absolute Gasteiger partial charge is 0.508 e. The fraction of sp³-hybridized carbons (Fsp3) is 0.379. The first-order valence-electron chi connectivity index (χ1n) is 13.1.